The van der Waals surface area contributed by atoms with Crippen molar-refractivity contribution in [2.75, 3.05) is 13.2 Å². The zero-order valence-electron chi connectivity index (χ0n) is 14.0. The number of esters is 2. The summed E-state index contributed by atoms with van der Waals surface area (Å²) in [5.41, 5.74) is 16.7. The summed E-state index contributed by atoms with van der Waals surface area (Å²) >= 11 is 0. The Morgan fingerprint density at radius 1 is 0.857 bits per heavy atom. The number of hydrogen-bond acceptors (Lipinski definition) is 10. The van der Waals surface area contributed by atoms with Gasteiger partial charge in [-0.3, -0.25) is 9.59 Å². The second kappa shape index (κ2) is 12.1. The van der Waals surface area contributed by atoms with Crippen molar-refractivity contribution in [3.05, 3.63) is 56.3 Å². The molecule has 0 heterocycles. The van der Waals surface area contributed by atoms with Crippen LogP contribution in [0, 0.1) is 0 Å². The fourth-order valence-electron chi connectivity index (χ4n) is 1.65. The third kappa shape index (κ3) is 7.31. The van der Waals surface area contributed by atoms with Crippen molar-refractivity contribution < 1.29 is 38.1 Å². The van der Waals surface area contributed by atoms with Gasteiger partial charge in [-0.1, -0.05) is 0 Å². The lowest BCUT2D eigenvalue weighted by atomic mass is 10.1. The van der Waals surface area contributed by atoms with E-state index in [1.165, 1.54) is 24.3 Å². The van der Waals surface area contributed by atoms with E-state index in [-0.39, 0.29) is 24.1 Å². The Morgan fingerprint density at radius 2 is 1.21 bits per heavy atom. The maximum atomic E-state index is 11.9. The summed E-state index contributed by atoms with van der Waals surface area (Å²) in [5, 5.41) is 6.21. The lowest BCUT2D eigenvalue weighted by molar-refractivity contribution is -0.136. The van der Waals surface area contributed by atoms with E-state index in [2.05, 4.69) is 29.5 Å². The van der Waals surface area contributed by atoms with E-state index in [0.29, 0.717) is 0 Å². The Balaban J connectivity index is 2.63. The van der Waals surface area contributed by atoms with Crippen molar-refractivity contribution in [2.24, 2.45) is 10.2 Å². The molecule has 2 atom stereocenters. The quantitative estimate of drug-likeness (QED) is 0.127. The van der Waals surface area contributed by atoms with Crippen LogP contribution in [0.25, 0.3) is 20.9 Å². The maximum absolute atomic E-state index is 11.9. The van der Waals surface area contributed by atoms with Gasteiger partial charge in [0.25, 0.3) is 12.9 Å². The minimum atomic E-state index is -1.31. The molecule has 14 heteroatoms. The zero-order valence-corrected chi connectivity index (χ0v) is 14.0. The summed E-state index contributed by atoms with van der Waals surface area (Å²) in [4.78, 5) is 49.1. The van der Waals surface area contributed by atoms with Gasteiger partial charge in [0.15, 0.2) is 0 Å². The van der Waals surface area contributed by atoms with Crippen molar-refractivity contribution in [1.82, 2.24) is 0 Å². The number of rotatable bonds is 12. The number of carbonyl (C=O) groups is 4. The summed E-state index contributed by atoms with van der Waals surface area (Å²) in [6, 6.07) is 5.04. The van der Waals surface area contributed by atoms with Gasteiger partial charge in [0, 0.05) is 9.82 Å². The van der Waals surface area contributed by atoms with Crippen molar-refractivity contribution >= 4 is 24.9 Å². The molecule has 1 aromatic rings. The smallest absolute Gasteiger partial charge is 0.338 e. The molecule has 0 aromatic heterocycles. The molecule has 0 amide bonds. The van der Waals surface area contributed by atoms with Crippen molar-refractivity contribution in [1.29, 1.82) is 0 Å². The van der Waals surface area contributed by atoms with Gasteiger partial charge >= 0.3 is 11.9 Å². The van der Waals surface area contributed by atoms with Gasteiger partial charge in [0.2, 0.25) is 12.5 Å². The first-order chi connectivity index (χ1) is 13.5. The van der Waals surface area contributed by atoms with Crippen LogP contribution in [0.4, 0.5) is 0 Å². The largest absolute Gasteiger partial charge is 0.458 e. The van der Waals surface area contributed by atoms with Gasteiger partial charge in [-0.2, -0.15) is 0 Å². The van der Waals surface area contributed by atoms with Gasteiger partial charge in [-0.05, 0) is 45.6 Å². The molecule has 0 fully saturated rings. The number of hydrogen-bond donors (Lipinski definition) is 0. The van der Waals surface area contributed by atoms with Crippen LogP contribution in [0.1, 0.15) is 20.7 Å². The molecule has 0 aliphatic rings. The van der Waals surface area contributed by atoms with Gasteiger partial charge in [0.1, 0.15) is 13.2 Å². The van der Waals surface area contributed by atoms with Gasteiger partial charge in [-0.25, -0.2) is 9.59 Å². The monoisotopic (exact) mass is 392 g/mol. The number of azide groups is 2. The molecule has 0 bridgehead atoms. The average molecular weight is 392 g/mol. The third-order valence-electron chi connectivity index (χ3n) is 2.86. The van der Waals surface area contributed by atoms with Crippen LogP contribution < -0.4 is 0 Å². The first-order valence-corrected chi connectivity index (χ1v) is 7.26. The van der Waals surface area contributed by atoms with Crippen LogP contribution in [-0.2, 0) is 28.5 Å². The highest BCUT2D eigenvalue weighted by atomic mass is 16.6. The van der Waals surface area contributed by atoms with Crippen molar-refractivity contribution in [3.8, 4) is 0 Å². The summed E-state index contributed by atoms with van der Waals surface area (Å²) in [7, 11) is 0. The van der Waals surface area contributed by atoms with E-state index < -0.39 is 37.6 Å². The summed E-state index contributed by atoms with van der Waals surface area (Å²) in [6.45, 7) is -0.910. The lowest BCUT2D eigenvalue weighted by Crippen LogP contribution is -2.20. The zero-order chi connectivity index (χ0) is 20.8. The van der Waals surface area contributed by atoms with Crippen molar-refractivity contribution in [2.45, 2.75) is 12.5 Å². The maximum Gasteiger partial charge on any atom is 0.338 e. The van der Waals surface area contributed by atoms with Crippen LogP contribution in [-0.4, -0.2) is 50.6 Å². The Labute approximate surface area is 156 Å². The predicted octanol–water partition coefficient (Wildman–Crippen LogP) is 1.62. The van der Waals surface area contributed by atoms with E-state index >= 15 is 0 Å². The van der Waals surface area contributed by atoms with E-state index in [0.717, 1.165) is 0 Å². The molecule has 0 saturated heterocycles. The molecule has 0 aliphatic heterocycles. The third-order valence-corrected chi connectivity index (χ3v) is 2.86. The molecule has 1 aromatic carbocycles. The Bertz CT molecular complexity index is 734. The van der Waals surface area contributed by atoms with Crippen LogP contribution >= 0.6 is 0 Å². The highest BCUT2D eigenvalue weighted by molar-refractivity contribution is 5.93. The molecule has 14 nitrogen and oxygen atoms in total. The van der Waals surface area contributed by atoms with Gasteiger partial charge in [-0.15, -0.1) is 0 Å². The van der Waals surface area contributed by atoms with Crippen LogP contribution in [0.3, 0.4) is 0 Å². The molecule has 1 rings (SSSR count). The molecular formula is C14H12N6O8. The highest BCUT2D eigenvalue weighted by Gasteiger charge is 2.15. The molecule has 0 saturated carbocycles. The summed E-state index contributed by atoms with van der Waals surface area (Å²) < 4.78 is 18.5. The van der Waals surface area contributed by atoms with E-state index in [1.807, 2.05) is 0 Å². The van der Waals surface area contributed by atoms with E-state index in [1.54, 1.807) is 0 Å². The van der Waals surface area contributed by atoms with Crippen molar-refractivity contribution in [3.63, 3.8) is 0 Å². The predicted molar refractivity (Wildman–Crippen MR) is 87.2 cm³/mol. The molecule has 0 spiro atoms. The van der Waals surface area contributed by atoms with Gasteiger partial charge in [0.05, 0.1) is 11.1 Å². The summed E-state index contributed by atoms with van der Waals surface area (Å²) in [5.74, 6) is -1.65. The second-order valence-corrected chi connectivity index (χ2v) is 4.56. The molecular weight excluding hydrogens is 380 g/mol. The molecule has 0 radical (unpaired) electrons. The topological polar surface area (TPSA) is 203 Å². The SMILES string of the molecule is [N-]=[N+]=NC(COC(=O)c1ccc(C(=O)OCC(N=[N+]=[N-])OC=O)cc1)OC=O. The van der Waals surface area contributed by atoms with Crippen LogP contribution in [0.2, 0.25) is 0 Å². The average Bonchev–Trinajstić information content (AvgIpc) is 2.70. The second-order valence-electron chi connectivity index (χ2n) is 4.56. The van der Waals surface area contributed by atoms with Gasteiger partial charge < -0.3 is 18.9 Å². The first-order valence-electron chi connectivity index (χ1n) is 7.26. The molecule has 28 heavy (non-hydrogen) atoms. The number of nitrogens with zero attached hydrogens (tertiary/aromatic N) is 6. The standard InChI is InChI=1S/C14H12N6O8/c15-19-17-11(27-7-21)5-25-13(23)9-1-2-10(4-3-9)14(24)26-6-12(18-20-16)28-8-22/h1-4,7-8,11-12H,5-6H2. The molecule has 2 unspecified atom stereocenters. The minimum absolute atomic E-state index is 0.0419. The first kappa shape index (κ1) is 21.8. The number of ether oxygens (including phenoxy) is 4. The number of benzene rings is 1. The van der Waals surface area contributed by atoms with Crippen LogP contribution in [0.5, 0.6) is 0 Å². The molecule has 0 aliphatic carbocycles. The minimum Gasteiger partial charge on any atom is -0.458 e. The Morgan fingerprint density at radius 3 is 1.50 bits per heavy atom. The highest BCUT2D eigenvalue weighted by Crippen LogP contribution is 2.09. The molecule has 0 N–H and O–H groups in total. The van der Waals surface area contributed by atoms with Crippen LogP contribution in [0.15, 0.2) is 34.5 Å². The fourth-order valence-corrected chi connectivity index (χ4v) is 1.65. The fraction of sp³-hybridized carbons (Fsp3) is 0.286. The molecule has 146 valence electrons. The van der Waals surface area contributed by atoms with E-state index in [9.17, 15) is 19.2 Å². The normalized spacial score (nSPS) is 11.4. The number of carbonyl (C=O) groups excluding carboxylic acids is 4. The van der Waals surface area contributed by atoms with E-state index in [4.69, 9.17) is 20.5 Å². The lowest BCUT2D eigenvalue weighted by Gasteiger charge is -2.11. The Hall–Kier alpha value is -4.28. The Kier molecular flexibility index (Phi) is 9.43. The summed E-state index contributed by atoms with van der Waals surface area (Å²) in [6.07, 6.45) is -2.61.